The van der Waals surface area contributed by atoms with Gasteiger partial charge in [-0.1, -0.05) is 23.2 Å². The highest BCUT2D eigenvalue weighted by molar-refractivity contribution is 6.36. The highest BCUT2D eigenvalue weighted by Gasteiger charge is 2.15. The summed E-state index contributed by atoms with van der Waals surface area (Å²) in [6.07, 6.45) is 2.51. The quantitative estimate of drug-likeness (QED) is 0.767. The van der Waals surface area contributed by atoms with Crippen molar-refractivity contribution in [3.63, 3.8) is 0 Å². The monoisotopic (exact) mass is 377 g/mol. The molecule has 2 aromatic rings. The van der Waals surface area contributed by atoms with Crippen LogP contribution in [0.15, 0.2) is 42.5 Å². The zero-order chi connectivity index (χ0) is 17.8. The van der Waals surface area contributed by atoms with E-state index < -0.39 is 6.04 Å². The van der Waals surface area contributed by atoms with Crippen LogP contribution in [0.4, 0.5) is 17.1 Å². The van der Waals surface area contributed by atoms with Crippen LogP contribution < -0.4 is 15.5 Å². The van der Waals surface area contributed by atoms with Gasteiger partial charge >= 0.3 is 0 Å². The Balaban J connectivity index is 1.59. The van der Waals surface area contributed by atoms with E-state index in [9.17, 15) is 4.79 Å². The molecule has 1 aliphatic heterocycles. The van der Waals surface area contributed by atoms with Crippen molar-refractivity contribution in [2.24, 2.45) is 0 Å². The SMILES string of the molecule is C[C@@H](Nc1ccc(N2CCCC2)cc1)C(=O)Nc1ccc(Cl)cc1Cl. The molecule has 3 rings (SSSR count). The molecule has 1 amide bonds. The van der Waals surface area contributed by atoms with Crippen molar-refractivity contribution < 1.29 is 4.79 Å². The fourth-order valence-corrected chi connectivity index (χ4v) is 3.35. The highest BCUT2D eigenvalue weighted by atomic mass is 35.5. The molecule has 1 atom stereocenters. The fourth-order valence-electron chi connectivity index (χ4n) is 2.89. The molecule has 2 aromatic carbocycles. The summed E-state index contributed by atoms with van der Waals surface area (Å²) in [6, 6.07) is 12.8. The number of anilines is 3. The third-order valence-electron chi connectivity index (χ3n) is 4.30. The zero-order valence-electron chi connectivity index (χ0n) is 14.1. The van der Waals surface area contributed by atoms with Crippen LogP contribution in [0.1, 0.15) is 19.8 Å². The lowest BCUT2D eigenvalue weighted by Crippen LogP contribution is -2.32. The Morgan fingerprint density at radius 2 is 1.76 bits per heavy atom. The molecular formula is C19H21Cl2N3O. The van der Waals surface area contributed by atoms with Gasteiger partial charge in [0.25, 0.3) is 0 Å². The summed E-state index contributed by atoms with van der Waals surface area (Å²) in [5.41, 5.74) is 2.69. The first-order valence-corrected chi connectivity index (χ1v) is 9.16. The van der Waals surface area contributed by atoms with E-state index in [-0.39, 0.29) is 5.91 Å². The van der Waals surface area contributed by atoms with E-state index in [0.717, 1.165) is 18.8 Å². The molecule has 1 saturated heterocycles. The third kappa shape index (κ3) is 4.59. The summed E-state index contributed by atoms with van der Waals surface area (Å²) in [5, 5.41) is 6.98. The number of amides is 1. The number of nitrogens with one attached hydrogen (secondary N) is 2. The summed E-state index contributed by atoms with van der Waals surface area (Å²) < 4.78 is 0. The van der Waals surface area contributed by atoms with Crippen LogP contribution in [-0.4, -0.2) is 25.0 Å². The van der Waals surface area contributed by atoms with Gasteiger partial charge in [-0.3, -0.25) is 4.79 Å². The van der Waals surface area contributed by atoms with Crippen molar-refractivity contribution in [1.29, 1.82) is 0 Å². The normalized spacial score (nSPS) is 15.1. The van der Waals surface area contributed by atoms with Gasteiger partial charge in [-0.25, -0.2) is 0 Å². The van der Waals surface area contributed by atoms with Gasteiger partial charge in [0.2, 0.25) is 5.91 Å². The summed E-state index contributed by atoms with van der Waals surface area (Å²) >= 11 is 12.0. The Kier molecular flexibility index (Phi) is 5.71. The number of carbonyl (C=O) groups is 1. The van der Waals surface area contributed by atoms with E-state index in [1.54, 1.807) is 18.2 Å². The molecule has 1 aliphatic rings. The Morgan fingerprint density at radius 1 is 1.08 bits per heavy atom. The van der Waals surface area contributed by atoms with Gasteiger partial charge in [-0.05, 0) is 62.2 Å². The highest BCUT2D eigenvalue weighted by Crippen LogP contribution is 2.26. The molecule has 0 aliphatic carbocycles. The van der Waals surface area contributed by atoms with Gasteiger partial charge in [0.1, 0.15) is 6.04 Å². The number of rotatable bonds is 5. The number of benzene rings is 2. The second kappa shape index (κ2) is 7.98. The Labute approximate surface area is 158 Å². The first-order chi connectivity index (χ1) is 12.0. The van der Waals surface area contributed by atoms with E-state index in [0.29, 0.717) is 15.7 Å². The molecule has 0 saturated carbocycles. The lowest BCUT2D eigenvalue weighted by molar-refractivity contribution is -0.116. The maximum Gasteiger partial charge on any atom is 0.246 e. The molecule has 6 heteroatoms. The van der Waals surface area contributed by atoms with Crippen LogP contribution in [0.25, 0.3) is 0 Å². The summed E-state index contributed by atoms with van der Waals surface area (Å²) in [7, 11) is 0. The molecule has 0 spiro atoms. The van der Waals surface area contributed by atoms with E-state index in [1.807, 2.05) is 19.1 Å². The number of hydrogen-bond donors (Lipinski definition) is 2. The Morgan fingerprint density at radius 3 is 2.40 bits per heavy atom. The minimum absolute atomic E-state index is 0.159. The molecule has 1 heterocycles. The van der Waals surface area contributed by atoms with Crippen LogP contribution in [0.2, 0.25) is 10.0 Å². The van der Waals surface area contributed by atoms with Gasteiger partial charge in [0.05, 0.1) is 10.7 Å². The summed E-state index contributed by atoms with van der Waals surface area (Å²) in [4.78, 5) is 14.7. The van der Waals surface area contributed by atoms with Crippen molar-refractivity contribution in [1.82, 2.24) is 0 Å². The predicted octanol–water partition coefficient (Wildman–Crippen LogP) is 5.03. The molecule has 2 N–H and O–H groups in total. The molecule has 0 radical (unpaired) electrons. The zero-order valence-corrected chi connectivity index (χ0v) is 15.6. The third-order valence-corrected chi connectivity index (χ3v) is 4.85. The lowest BCUT2D eigenvalue weighted by Gasteiger charge is -2.19. The van der Waals surface area contributed by atoms with Crippen molar-refractivity contribution in [2.75, 3.05) is 28.6 Å². The molecule has 0 unspecified atom stereocenters. The van der Waals surface area contributed by atoms with Crippen LogP contribution in [0.3, 0.4) is 0 Å². The van der Waals surface area contributed by atoms with Crippen LogP contribution in [0.5, 0.6) is 0 Å². The average molecular weight is 378 g/mol. The van der Waals surface area contributed by atoms with Gasteiger partial charge in [0, 0.05) is 29.5 Å². The predicted molar refractivity (Wildman–Crippen MR) is 106 cm³/mol. The van der Waals surface area contributed by atoms with Crippen molar-refractivity contribution in [3.8, 4) is 0 Å². The van der Waals surface area contributed by atoms with Crippen LogP contribution in [0, 0.1) is 0 Å². The smallest absolute Gasteiger partial charge is 0.246 e. The number of halogens is 2. The van der Waals surface area contributed by atoms with E-state index in [1.165, 1.54) is 18.5 Å². The number of nitrogens with zero attached hydrogens (tertiary/aromatic N) is 1. The summed E-state index contributed by atoms with van der Waals surface area (Å²) in [6.45, 7) is 4.05. The minimum atomic E-state index is -0.399. The first kappa shape index (κ1) is 17.9. The van der Waals surface area contributed by atoms with Gasteiger partial charge < -0.3 is 15.5 Å². The topological polar surface area (TPSA) is 44.4 Å². The van der Waals surface area contributed by atoms with Crippen LogP contribution >= 0.6 is 23.2 Å². The molecule has 0 bridgehead atoms. The van der Waals surface area contributed by atoms with Crippen molar-refractivity contribution in [3.05, 3.63) is 52.5 Å². The number of carbonyl (C=O) groups excluding carboxylic acids is 1. The van der Waals surface area contributed by atoms with Gasteiger partial charge in [-0.15, -0.1) is 0 Å². The minimum Gasteiger partial charge on any atom is -0.374 e. The Bertz CT molecular complexity index is 743. The molecule has 1 fully saturated rings. The van der Waals surface area contributed by atoms with Crippen molar-refractivity contribution in [2.45, 2.75) is 25.8 Å². The maximum absolute atomic E-state index is 12.4. The van der Waals surface area contributed by atoms with Crippen LogP contribution in [-0.2, 0) is 4.79 Å². The second-order valence-electron chi connectivity index (χ2n) is 6.22. The van der Waals surface area contributed by atoms with Gasteiger partial charge in [-0.2, -0.15) is 0 Å². The van der Waals surface area contributed by atoms with Gasteiger partial charge in [0.15, 0.2) is 0 Å². The molecule has 4 nitrogen and oxygen atoms in total. The fraction of sp³-hybridized carbons (Fsp3) is 0.316. The molecule has 132 valence electrons. The molecule has 0 aromatic heterocycles. The van der Waals surface area contributed by atoms with E-state index >= 15 is 0 Å². The molecular weight excluding hydrogens is 357 g/mol. The Hall–Kier alpha value is -1.91. The lowest BCUT2D eigenvalue weighted by atomic mass is 10.2. The van der Waals surface area contributed by atoms with E-state index in [2.05, 4.69) is 27.7 Å². The maximum atomic E-state index is 12.4. The standard InChI is InChI=1S/C19H21Cl2N3O/c1-13(19(25)23-18-9-4-14(20)12-17(18)21)22-15-5-7-16(8-6-15)24-10-2-3-11-24/h4-9,12-13,22H,2-3,10-11H2,1H3,(H,23,25)/t13-/m1/s1. The average Bonchev–Trinajstić information content (AvgIpc) is 3.12. The number of hydrogen-bond acceptors (Lipinski definition) is 3. The van der Waals surface area contributed by atoms with E-state index in [4.69, 9.17) is 23.2 Å². The second-order valence-corrected chi connectivity index (χ2v) is 7.06. The van der Waals surface area contributed by atoms with Crippen molar-refractivity contribution >= 4 is 46.2 Å². The first-order valence-electron chi connectivity index (χ1n) is 8.40. The molecule has 25 heavy (non-hydrogen) atoms. The largest absolute Gasteiger partial charge is 0.374 e. The summed E-state index contributed by atoms with van der Waals surface area (Å²) in [5.74, 6) is -0.159.